The molecule has 0 radical (unpaired) electrons. The number of hydrogen-bond acceptors (Lipinski definition) is 3. The van der Waals surface area contributed by atoms with Gasteiger partial charge >= 0.3 is 5.97 Å². The molecule has 1 amide bonds. The van der Waals surface area contributed by atoms with Crippen LogP contribution in [-0.4, -0.2) is 32.3 Å². The van der Waals surface area contributed by atoms with Crippen LogP contribution in [0.5, 0.6) is 0 Å². The van der Waals surface area contributed by atoms with Gasteiger partial charge in [-0.3, -0.25) is 14.3 Å². The van der Waals surface area contributed by atoms with Gasteiger partial charge in [0.2, 0.25) is 0 Å². The van der Waals surface area contributed by atoms with E-state index >= 15 is 0 Å². The molecule has 6 nitrogen and oxygen atoms in total. The van der Waals surface area contributed by atoms with Crippen LogP contribution >= 0.6 is 0 Å². The topological polar surface area (TPSA) is 84.2 Å². The SMILES string of the molecule is Cc1c(C(=O)NC2(CC(=O)O)CCC2)cnn1C(C)(C)C. The monoisotopic (exact) mass is 293 g/mol. The van der Waals surface area contributed by atoms with Crippen molar-refractivity contribution < 1.29 is 14.7 Å². The highest BCUT2D eigenvalue weighted by atomic mass is 16.4. The summed E-state index contributed by atoms with van der Waals surface area (Å²) in [4.78, 5) is 23.4. The molecule has 1 aliphatic rings. The summed E-state index contributed by atoms with van der Waals surface area (Å²) in [6.45, 7) is 7.92. The summed E-state index contributed by atoms with van der Waals surface area (Å²) < 4.78 is 1.81. The third kappa shape index (κ3) is 3.09. The van der Waals surface area contributed by atoms with Crippen LogP contribution in [0, 0.1) is 6.92 Å². The molecule has 1 aliphatic carbocycles. The molecule has 2 rings (SSSR count). The number of carboxylic acid groups (broad SMARTS) is 1. The van der Waals surface area contributed by atoms with Gasteiger partial charge in [-0.1, -0.05) is 0 Å². The van der Waals surface area contributed by atoms with Crippen molar-refractivity contribution in [2.75, 3.05) is 0 Å². The van der Waals surface area contributed by atoms with Gasteiger partial charge in [-0.25, -0.2) is 0 Å². The van der Waals surface area contributed by atoms with Gasteiger partial charge in [0.25, 0.3) is 5.91 Å². The second-order valence-electron chi connectivity index (χ2n) is 6.88. The maximum Gasteiger partial charge on any atom is 0.305 e. The number of carbonyl (C=O) groups excluding carboxylic acids is 1. The van der Waals surface area contributed by atoms with Crippen molar-refractivity contribution in [2.45, 2.75) is 64.5 Å². The number of aliphatic carboxylic acids is 1. The molecule has 1 fully saturated rings. The number of nitrogens with zero attached hydrogens (tertiary/aromatic N) is 2. The first-order valence-corrected chi connectivity index (χ1v) is 7.24. The van der Waals surface area contributed by atoms with Crippen molar-refractivity contribution >= 4 is 11.9 Å². The van der Waals surface area contributed by atoms with Crippen LogP contribution in [0.4, 0.5) is 0 Å². The fraction of sp³-hybridized carbons (Fsp3) is 0.667. The lowest BCUT2D eigenvalue weighted by molar-refractivity contribution is -0.139. The predicted molar refractivity (Wildman–Crippen MR) is 78.3 cm³/mol. The van der Waals surface area contributed by atoms with Crippen molar-refractivity contribution in [3.05, 3.63) is 17.5 Å². The molecule has 21 heavy (non-hydrogen) atoms. The van der Waals surface area contributed by atoms with E-state index in [0.717, 1.165) is 25.0 Å². The van der Waals surface area contributed by atoms with Crippen molar-refractivity contribution in [3.63, 3.8) is 0 Å². The van der Waals surface area contributed by atoms with Gasteiger partial charge < -0.3 is 10.4 Å². The molecule has 0 unspecified atom stereocenters. The lowest BCUT2D eigenvalue weighted by atomic mass is 9.74. The van der Waals surface area contributed by atoms with Crippen LogP contribution in [0.3, 0.4) is 0 Å². The minimum Gasteiger partial charge on any atom is -0.481 e. The Hall–Kier alpha value is -1.85. The molecule has 1 heterocycles. The second kappa shape index (κ2) is 5.16. The fourth-order valence-corrected chi connectivity index (χ4v) is 2.86. The summed E-state index contributed by atoms with van der Waals surface area (Å²) >= 11 is 0. The Bertz CT molecular complexity index is 565. The average Bonchev–Trinajstić information content (AvgIpc) is 2.67. The first-order chi connectivity index (χ1) is 9.65. The van der Waals surface area contributed by atoms with Crippen LogP contribution in [0.2, 0.25) is 0 Å². The normalized spacial score (nSPS) is 17.1. The van der Waals surface area contributed by atoms with Gasteiger partial charge in [0, 0.05) is 5.69 Å². The highest BCUT2D eigenvalue weighted by Crippen LogP contribution is 2.35. The van der Waals surface area contributed by atoms with Crippen LogP contribution < -0.4 is 5.32 Å². The molecule has 6 heteroatoms. The fourth-order valence-electron chi connectivity index (χ4n) is 2.86. The molecule has 2 N–H and O–H groups in total. The van der Waals surface area contributed by atoms with E-state index in [0.29, 0.717) is 5.56 Å². The van der Waals surface area contributed by atoms with Crippen molar-refractivity contribution in [2.24, 2.45) is 0 Å². The third-order valence-corrected chi connectivity index (χ3v) is 4.07. The van der Waals surface area contributed by atoms with Gasteiger partial charge in [-0.05, 0) is 47.0 Å². The Morgan fingerprint density at radius 1 is 1.43 bits per heavy atom. The van der Waals surface area contributed by atoms with Crippen LogP contribution in [0.1, 0.15) is 62.5 Å². The van der Waals surface area contributed by atoms with Crippen LogP contribution in [-0.2, 0) is 10.3 Å². The Labute approximate surface area is 124 Å². The zero-order chi connectivity index (χ0) is 15.8. The number of nitrogens with one attached hydrogen (secondary N) is 1. The van der Waals surface area contributed by atoms with Crippen molar-refractivity contribution in [1.82, 2.24) is 15.1 Å². The Balaban J connectivity index is 2.18. The lowest BCUT2D eigenvalue weighted by Crippen LogP contribution is -2.54. The average molecular weight is 293 g/mol. The van der Waals surface area contributed by atoms with Gasteiger partial charge in [-0.15, -0.1) is 0 Å². The number of rotatable bonds is 4. The molecule has 1 aromatic heterocycles. The Morgan fingerprint density at radius 2 is 2.05 bits per heavy atom. The lowest BCUT2D eigenvalue weighted by Gasteiger charge is -2.41. The minimum atomic E-state index is -0.878. The van der Waals surface area contributed by atoms with Gasteiger partial charge in [0.05, 0.1) is 29.3 Å². The highest BCUT2D eigenvalue weighted by Gasteiger charge is 2.41. The van der Waals surface area contributed by atoms with Crippen LogP contribution in [0.25, 0.3) is 0 Å². The molecule has 116 valence electrons. The third-order valence-electron chi connectivity index (χ3n) is 4.07. The molecular weight excluding hydrogens is 270 g/mol. The Morgan fingerprint density at radius 3 is 2.43 bits per heavy atom. The molecule has 0 bridgehead atoms. The molecule has 1 saturated carbocycles. The zero-order valence-corrected chi connectivity index (χ0v) is 13.1. The quantitative estimate of drug-likeness (QED) is 0.890. The largest absolute Gasteiger partial charge is 0.481 e. The first kappa shape index (κ1) is 15.5. The molecule has 0 aromatic carbocycles. The molecule has 0 saturated heterocycles. The number of carbonyl (C=O) groups is 2. The summed E-state index contributed by atoms with van der Waals surface area (Å²) in [6, 6.07) is 0. The molecular formula is C15H23N3O3. The van der Waals surface area contributed by atoms with E-state index in [1.165, 1.54) is 0 Å². The molecule has 0 aliphatic heterocycles. The Kier molecular flexibility index (Phi) is 3.82. The highest BCUT2D eigenvalue weighted by molar-refractivity contribution is 5.96. The van der Waals surface area contributed by atoms with Gasteiger partial charge in [0.15, 0.2) is 0 Å². The molecule has 0 atom stereocenters. The maximum absolute atomic E-state index is 12.4. The predicted octanol–water partition coefficient (Wildman–Crippen LogP) is 2.07. The van der Waals surface area contributed by atoms with Crippen molar-refractivity contribution in [3.8, 4) is 0 Å². The number of hydrogen-bond donors (Lipinski definition) is 2. The van der Waals surface area contributed by atoms with E-state index in [9.17, 15) is 9.59 Å². The molecule has 1 aromatic rings. The summed E-state index contributed by atoms with van der Waals surface area (Å²) in [5.41, 5.74) is 0.531. The second-order valence-corrected chi connectivity index (χ2v) is 6.88. The van der Waals surface area contributed by atoms with E-state index in [1.54, 1.807) is 6.20 Å². The van der Waals surface area contributed by atoms with E-state index in [2.05, 4.69) is 10.4 Å². The summed E-state index contributed by atoms with van der Waals surface area (Å²) in [5.74, 6) is -1.11. The summed E-state index contributed by atoms with van der Waals surface area (Å²) in [7, 11) is 0. The van der Waals surface area contributed by atoms with Gasteiger partial charge in [0.1, 0.15) is 0 Å². The zero-order valence-electron chi connectivity index (χ0n) is 13.1. The summed E-state index contributed by atoms with van der Waals surface area (Å²) in [6.07, 6.45) is 3.93. The smallest absolute Gasteiger partial charge is 0.305 e. The minimum absolute atomic E-state index is 0.0226. The van der Waals surface area contributed by atoms with E-state index in [-0.39, 0.29) is 17.9 Å². The maximum atomic E-state index is 12.4. The van der Waals surface area contributed by atoms with Crippen LogP contribution in [0.15, 0.2) is 6.20 Å². The number of amides is 1. The van der Waals surface area contributed by atoms with E-state index < -0.39 is 11.5 Å². The first-order valence-electron chi connectivity index (χ1n) is 7.24. The van der Waals surface area contributed by atoms with E-state index in [1.807, 2.05) is 32.4 Å². The number of carboxylic acids is 1. The number of aromatic nitrogens is 2. The van der Waals surface area contributed by atoms with Crippen molar-refractivity contribution in [1.29, 1.82) is 0 Å². The standard InChI is InChI=1S/C15H23N3O3/c1-10-11(9-16-18(10)14(2,3)4)13(21)17-15(6-5-7-15)8-12(19)20/h9H,5-8H2,1-4H3,(H,17,21)(H,19,20). The summed E-state index contributed by atoms with van der Waals surface area (Å²) in [5, 5.41) is 16.2. The van der Waals surface area contributed by atoms with Gasteiger partial charge in [-0.2, -0.15) is 5.10 Å². The van der Waals surface area contributed by atoms with E-state index in [4.69, 9.17) is 5.11 Å². The molecule has 0 spiro atoms.